The van der Waals surface area contributed by atoms with E-state index in [1.807, 2.05) is 0 Å². The minimum absolute atomic E-state index is 0.678. The van der Waals surface area contributed by atoms with Crippen LogP contribution in [0.25, 0.3) is 0 Å². The van der Waals surface area contributed by atoms with Gasteiger partial charge in [0.15, 0.2) is 0 Å². The van der Waals surface area contributed by atoms with Crippen LogP contribution in [0.3, 0.4) is 0 Å². The number of hydrogen-bond donors (Lipinski definition) is 2. The van der Waals surface area contributed by atoms with Gasteiger partial charge in [-0.05, 0) is 56.1 Å². The summed E-state index contributed by atoms with van der Waals surface area (Å²) in [5, 5.41) is 6.96. The van der Waals surface area contributed by atoms with Gasteiger partial charge in [-0.2, -0.15) is 0 Å². The summed E-state index contributed by atoms with van der Waals surface area (Å²) in [6.45, 7) is 9.70. The predicted molar refractivity (Wildman–Crippen MR) is 60.4 cm³/mol. The molecule has 2 rings (SSSR count). The van der Waals surface area contributed by atoms with E-state index in [4.69, 9.17) is 0 Å². The van der Waals surface area contributed by atoms with Gasteiger partial charge in [0.05, 0.1) is 0 Å². The molecule has 0 aromatic rings. The number of hydrogen-bond acceptors (Lipinski definition) is 2. The van der Waals surface area contributed by atoms with Crippen LogP contribution in [-0.2, 0) is 0 Å². The van der Waals surface area contributed by atoms with Crippen molar-refractivity contribution in [3.05, 3.63) is 0 Å². The first-order valence-electron chi connectivity index (χ1n) is 6.14. The van der Waals surface area contributed by atoms with Crippen molar-refractivity contribution in [1.82, 2.24) is 10.6 Å². The zero-order chi connectivity index (χ0) is 10.0. The fraction of sp³-hybridized carbons (Fsp3) is 1.00. The van der Waals surface area contributed by atoms with Crippen LogP contribution in [0.4, 0.5) is 0 Å². The third-order valence-electron chi connectivity index (χ3n) is 4.19. The van der Waals surface area contributed by atoms with Crippen LogP contribution < -0.4 is 10.6 Å². The molecule has 1 saturated heterocycles. The van der Waals surface area contributed by atoms with Crippen molar-refractivity contribution in [2.75, 3.05) is 26.2 Å². The zero-order valence-corrected chi connectivity index (χ0v) is 9.60. The molecule has 82 valence electrons. The summed E-state index contributed by atoms with van der Waals surface area (Å²) in [4.78, 5) is 0. The summed E-state index contributed by atoms with van der Waals surface area (Å²) in [7, 11) is 0. The van der Waals surface area contributed by atoms with Crippen molar-refractivity contribution in [3.63, 3.8) is 0 Å². The monoisotopic (exact) mass is 196 g/mol. The maximum atomic E-state index is 3.64. The molecule has 0 bridgehead atoms. The van der Waals surface area contributed by atoms with Gasteiger partial charge in [0.1, 0.15) is 0 Å². The lowest BCUT2D eigenvalue weighted by Crippen LogP contribution is -2.43. The van der Waals surface area contributed by atoms with Gasteiger partial charge in [-0.15, -0.1) is 0 Å². The molecule has 2 heteroatoms. The van der Waals surface area contributed by atoms with E-state index in [-0.39, 0.29) is 0 Å². The Morgan fingerprint density at radius 1 is 1.36 bits per heavy atom. The van der Waals surface area contributed by atoms with Crippen LogP contribution >= 0.6 is 0 Å². The molecule has 0 aromatic carbocycles. The normalized spacial score (nSPS) is 25.1. The molecule has 2 fully saturated rings. The Morgan fingerprint density at radius 2 is 2.07 bits per heavy atom. The van der Waals surface area contributed by atoms with Crippen LogP contribution in [0.2, 0.25) is 0 Å². The molecule has 0 radical (unpaired) electrons. The van der Waals surface area contributed by atoms with Crippen LogP contribution in [0.5, 0.6) is 0 Å². The third-order valence-corrected chi connectivity index (χ3v) is 4.19. The highest BCUT2D eigenvalue weighted by Crippen LogP contribution is 2.51. The van der Waals surface area contributed by atoms with Gasteiger partial charge >= 0.3 is 0 Å². The van der Waals surface area contributed by atoms with Gasteiger partial charge < -0.3 is 10.6 Å². The molecule has 0 atom stereocenters. The average molecular weight is 196 g/mol. The Bertz CT molecular complexity index is 181. The predicted octanol–water partition coefficient (Wildman–Crippen LogP) is 1.62. The minimum atomic E-state index is 0.678. The summed E-state index contributed by atoms with van der Waals surface area (Å²) in [5.74, 6) is 1.82. The van der Waals surface area contributed by atoms with Crippen molar-refractivity contribution in [2.24, 2.45) is 17.3 Å². The number of rotatable bonds is 6. The highest BCUT2D eigenvalue weighted by Gasteiger charge is 2.44. The molecular weight excluding hydrogens is 172 g/mol. The van der Waals surface area contributed by atoms with Gasteiger partial charge in [-0.25, -0.2) is 0 Å². The minimum Gasteiger partial charge on any atom is -0.316 e. The van der Waals surface area contributed by atoms with Gasteiger partial charge in [-0.1, -0.05) is 13.8 Å². The second kappa shape index (κ2) is 4.19. The second-order valence-corrected chi connectivity index (χ2v) is 5.51. The lowest BCUT2D eigenvalue weighted by molar-refractivity contribution is 0.301. The molecule has 2 N–H and O–H groups in total. The van der Waals surface area contributed by atoms with Crippen molar-refractivity contribution in [1.29, 1.82) is 0 Å². The molecule has 14 heavy (non-hydrogen) atoms. The van der Waals surface area contributed by atoms with Gasteiger partial charge in [0.25, 0.3) is 0 Å². The third kappa shape index (κ3) is 2.29. The Balaban J connectivity index is 1.54. The molecular formula is C12H24N2. The first-order valence-corrected chi connectivity index (χ1v) is 6.14. The Hall–Kier alpha value is -0.0800. The van der Waals surface area contributed by atoms with E-state index in [0.717, 1.165) is 11.8 Å². The number of nitrogens with one attached hydrogen (secondary N) is 2. The zero-order valence-electron chi connectivity index (χ0n) is 9.60. The maximum Gasteiger partial charge on any atom is 0.00103 e. The topological polar surface area (TPSA) is 24.1 Å². The van der Waals surface area contributed by atoms with E-state index in [1.54, 1.807) is 0 Å². The van der Waals surface area contributed by atoms with E-state index in [0.29, 0.717) is 5.41 Å². The second-order valence-electron chi connectivity index (χ2n) is 5.51. The SMILES string of the molecule is CC(C)C1(CNCCC2CNC2)CC1. The average Bonchev–Trinajstić information content (AvgIpc) is 2.81. The summed E-state index contributed by atoms with van der Waals surface area (Å²) >= 11 is 0. The Morgan fingerprint density at radius 3 is 2.50 bits per heavy atom. The largest absolute Gasteiger partial charge is 0.316 e. The van der Waals surface area contributed by atoms with Gasteiger partial charge in [0.2, 0.25) is 0 Å². The molecule has 1 saturated carbocycles. The van der Waals surface area contributed by atoms with E-state index in [1.165, 1.54) is 45.4 Å². The van der Waals surface area contributed by atoms with Crippen molar-refractivity contribution < 1.29 is 0 Å². The van der Waals surface area contributed by atoms with Crippen LogP contribution in [0.15, 0.2) is 0 Å². The molecule has 1 heterocycles. The molecule has 1 aliphatic heterocycles. The molecule has 0 aromatic heterocycles. The lowest BCUT2D eigenvalue weighted by atomic mass is 9.92. The molecule has 2 nitrogen and oxygen atoms in total. The fourth-order valence-electron chi connectivity index (χ4n) is 2.31. The van der Waals surface area contributed by atoms with Crippen LogP contribution in [0, 0.1) is 17.3 Å². The van der Waals surface area contributed by atoms with Gasteiger partial charge in [0, 0.05) is 6.54 Å². The van der Waals surface area contributed by atoms with E-state index in [2.05, 4.69) is 24.5 Å². The van der Waals surface area contributed by atoms with Crippen molar-refractivity contribution in [2.45, 2.75) is 33.1 Å². The van der Waals surface area contributed by atoms with E-state index in [9.17, 15) is 0 Å². The molecule has 0 spiro atoms. The Kier molecular flexibility index (Phi) is 3.13. The highest BCUT2D eigenvalue weighted by molar-refractivity contribution is 4.97. The lowest BCUT2D eigenvalue weighted by Gasteiger charge is -2.27. The first kappa shape index (κ1) is 10.4. The standard InChI is InChI=1S/C12H24N2/c1-10(2)12(4-5-12)9-13-6-3-11-7-14-8-11/h10-11,13-14H,3-9H2,1-2H3. The summed E-state index contributed by atoms with van der Waals surface area (Å²) in [5.41, 5.74) is 0.678. The molecule has 0 unspecified atom stereocenters. The van der Waals surface area contributed by atoms with Crippen LogP contribution in [-0.4, -0.2) is 26.2 Å². The summed E-state index contributed by atoms with van der Waals surface area (Å²) in [6, 6.07) is 0. The van der Waals surface area contributed by atoms with Gasteiger partial charge in [-0.3, -0.25) is 0 Å². The summed E-state index contributed by atoms with van der Waals surface area (Å²) < 4.78 is 0. The molecule has 1 aliphatic carbocycles. The highest BCUT2D eigenvalue weighted by atomic mass is 15.0. The first-order chi connectivity index (χ1) is 6.73. The van der Waals surface area contributed by atoms with E-state index < -0.39 is 0 Å². The van der Waals surface area contributed by atoms with Crippen LogP contribution in [0.1, 0.15) is 33.1 Å². The molecule has 2 aliphatic rings. The molecule has 0 amide bonds. The van der Waals surface area contributed by atoms with Crippen molar-refractivity contribution >= 4 is 0 Å². The summed E-state index contributed by atoms with van der Waals surface area (Å²) in [6.07, 6.45) is 4.26. The quantitative estimate of drug-likeness (QED) is 0.631. The fourth-order valence-corrected chi connectivity index (χ4v) is 2.31. The maximum absolute atomic E-state index is 3.64. The van der Waals surface area contributed by atoms with Crippen molar-refractivity contribution in [3.8, 4) is 0 Å². The Labute approximate surface area is 87.8 Å². The van der Waals surface area contributed by atoms with E-state index >= 15 is 0 Å². The smallest absolute Gasteiger partial charge is 0.00103 e.